The van der Waals surface area contributed by atoms with Crippen LogP contribution in [0.2, 0.25) is 0 Å². The van der Waals surface area contributed by atoms with E-state index in [1.54, 1.807) is 12.1 Å². The zero-order valence-electron chi connectivity index (χ0n) is 8.27. The number of rotatable bonds is 1. The highest BCUT2D eigenvalue weighted by Gasteiger charge is 2.34. The molecule has 1 aromatic heterocycles. The van der Waals surface area contributed by atoms with Crippen molar-refractivity contribution in [1.82, 2.24) is 4.98 Å². The van der Waals surface area contributed by atoms with E-state index < -0.39 is 11.9 Å². The van der Waals surface area contributed by atoms with Crippen molar-refractivity contribution in [2.75, 3.05) is 0 Å². The maximum absolute atomic E-state index is 12.7. The first-order chi connectivity index (χ1) is 8.15. The van der Waals surface area contributed by atoms with Crippen molar-refractivity contribution in [3.8, 4) is 10.6 Å². The maximum Gasteiger partial charge on any atom is 0.366 e. The molecule has 1 aliphatic heterocycles. The number of thiazole rings is 1. The summed E-state index contributed by atoms with van der Waals surface area (Å²) >= 11 is 1.06. The molecule has 2 aromatic rings. The molecule has 0 fully saturated rings. The number of ether oxygens (including phenoxy) is 1. The van der Waals surface area contributed by atoms with Crippen molar-refractivity contribution < 1.29 is 18.7 Å². The molecule has 0 bridgehead atoms. The molecule has 0 saturated carbocycles. The Labute approximate surface area is 98.7 Å². The summed E-state index contributed by atoms with van der Waals surface area (Å²) in [5.41, 5.74) is 0.700. The third kappa shape index (κ3) is 1.53. The Morgan fingerprint density at radius 2 is 1.82 bits per heavy atom. The van der Waals surface area contributed by atoms with Gasteiger partial charge in [-0.25, -0.2) is 19.0 Å². The van der Waals surface area contributed by atoms with Crippen LogP contribution in [0.25, 0.3) is 10.6 Å². The molecule has 1 aromatic carbocycles. The average Bonchev–Trinajstić information content (AvgIpc) is 2.83. The number of hydrogen-bond acceptors (Lipinski definition) is 5. The summed E-state index contributed by atoms with van der Waals surface area (Å²) in [4.78, 5) is 26.7. The summed E-state index contributed by atoms with van der Waals surface area (Å²) in [5.74, 6) is -1.75. The van der Waals surface area contributed by atoms with Crippen LogP contribution in [0.15, 0.2) is 24.3 Å². The number of fused-ring (bicyclic) bond motifs is 1. The van der Waals surface area contributed by atoms with E-state index in [1.165, 1.54) is 12.1 Å². The fourth-order valence-corrected chi connectivity index (χ4v) is 2.43. The number of hydrogen-bond donors (Lipinski definition) is 0. The quantitative estimate of drug-likeness (QED) is 0.574. The average molecular weight is 249 g/mol. The van der Waals surface area contributed by atoms with Crippen molar-refractivity contribution in [3.05, 3.63) is 40.7 Å². The van der Waals surface area contributed by atoms with Gasteiger partial charge in [0.05, 0.1) is 0 Å². The summed E-state index contributed by atoms with van der Waals surface area (Å²) in [5, 5.41) is 0.500. The smallest absolute Gasteiger partial charge is 0.366 e. The summed E-state index contributed by atoms with van der Waals surface area (Å²) in [7, 11) is 0. The molecule has 0 amide bonds. The van der Waals surface area contributed by atoms with Gasteiger partial charge in [0.15, 0.2) is 5.69 Å². The zero-order valence-corrected chi connectivity index (χ0v) is 9.08. The van der Waals surface area contributed by atoms with E-state index in [1.807, 2.05) is 0 Å². The third-order valence-electron chi connectivity index (χ3n) is 2.28. The first kappa shape index (κ1) is 10.1. The van der Waals surface area contributed by atoms with E-state index in [0.29, 0.717) is 10.6 Å². The molecule has 84 valence electrons. The van der Waals surface area contributed by atoms with Gasteiger partial charge in [-0.3, -0.25) is 0 Å². The summed E-state index contributed by atoms with van der Waals surface area (Å²) in [6, 6.07) is 5.67. The van der Waals surface area contributed by atoms with Gasteiger partial charge >= 0.3 is 11.9 Å². The minimum atomic E-state index is -0.727. The van der Waals surface area contributed by atoms with E-state index >= 15 is 0 Å². The first-order valence-electron chi connectivity index (χ1n) is 4.68. The van der Waals surface area contributed by atoms with Crippen molar-refractivity contribution in [2.45, 2.75) is 0 Å². The number of aromatic nitrogens is 1. The topological polar surface area (TPSA) is 56.3 Å². The molecule has 4 nitrogen and oxygen atoms in total. The Morgan fingerprint density at radius 1 is 1.12 bits per heavy atom. The van der Waals surface area contributed by atoms with E-state index in [4.69, 9.17) is 0 Å². The van der Waals surface area contributed by atoms with E-state index in [9.17, 15) is 14.0 Å². The SMILES string of the molecule is O=C1OC(=O)c2sc(-c3ccc(F)cc3)nc21. The van der Waals surface area contributed by atoms with Gasteiger partial charge in [-0.1, -0.05) is 0 Å². The van der Waals surface area contributed by atoms with Gasteiger partial charge in [0.2, 0.25) is 0 Å². The lowest BCUT2D eigenvalue weighted by atomic mass is 10.2. The number of cyclic esters (lactones) is 2. The predicted molar refractivity (Wildman–Crippen MR) is 57.3 cm³/mol. The van der Waals surface area contributed by atoms with Crippen LogP contribution in [0.4, 0.5) is 4.39 Å². The number of carbonyl (C=O) groups is 2. The predicted octanol–water partition coefficient (Wildman–Crippen LogP) is 2.26. The Kier molecular flexibility index (Phi) is 2.05. The molecule has 0 saturated heterocycles. The van der Waals surface area contributed by atoms with Crippen molar-refractivity contribution >= 4 is 23.3 Å². The van der Waals surface area contributed by atoms with Gasteiger partial charge in [-0.15, -0.1) is 11.3 Å². The Bertz CT molecular complexity index is 601. The monoisotopic (exact) mass is 249 g/mol. The molecule has 0 unspecified atom stereocenters. The Balaban J connectivity index is 2.09. The molecule has 0 aliphatic carbocycles. The highest BCUT2D eigenvalue weighted by Crippen LogP contribution is 2.32. The summed E-state index contributed by atoms with van der Waals surface area (Å²) in [6.45, 7) is 0. The second kappa shape index (κ2) is 3.46. The van der Waals surface area contributed by atoms with Crippen LogP contribution in [-0.4, -0.2) is 16.9 Å². The largest absolute Gasteiger partial charge is 0.384 e. The van der Waals surface area contributed by atoms with Gasteiger partial charge in [0, 0.05) is 5.56 Å². The lowest BCUT2D eigenvalue weighted by molar-refractivity contribution is 0.0443. The number of carbonyl (C=O) groups excluding carboxylic acids is 2. The minimum absolute atomic E-state index is 0.0410. The molecule has 17 heavy (non-hydrogen) atoms. The molecule has 1 aliphatic rings. The molecule has 6 heteroatoms. The molecular formula is C11H4FNO3S. The van der Waals surface area contributed by atoms with Gasteiger partial charge < -0.3 is 4.74 Å². The van der Waals surface area contributed by atoms with Crippen molar-refractivity contribution in [2.24, 2.45) is 0 Å². The highest BCUT2D eigenvalue weighted by atomic mass is 32.1. The number of nitrogens with zero attached hydrogens (tertiary/aromatic N) is 1. The van der Waals surface area contributed by atoms with Gasteiger partial charge in [0.1, 0.15) is 15.7 Å². The Hall–Kier alpha value is -2.08. The number of halogens is 1. The van der Waals surface area contributed by atoms with Crippen LogP contribution >= 0.6 is 11.3 Å². The molecule has 3 rings (SSSR count). The molecule has 0 N–H and O–H groups in total. The first-order valence-corrected chi connectivity index (χ1v) is 5.50. The fourth-order valence-electron chi connectivity index (χ4n) is 1.49. The van der Waals surface area contributed by atoms with Gasteiger partial charge in [-0.05, 0) is 24.3 Å². The van der Waals surface area contributed by atoms with E-state index in [0.717, 1.165) is 11.3 Å². The van der Waals surface area contributed by atoms with Crippen LogP contribution in [0, 0.1) is 5.82 Å². The fraction of sp³-hybridized carbons (Fsp3) is 0. The van der Waals surface area contributed by atoms with Gasteiger partial charge in [-0.2, -0.15) is 0 Å². The second-order valence-corrected chi connectivity index (χ2v) is 4.38. The third-order valence-corrected chi connectivity index (χ3v) is 3.37. The molecule has 0 spiro atoms. The van der Waals surface area contributed by atoms with E-state index in [-0.39, 0.29) is 16.4 Å². The maximum atomic E-state index is 12.7. The zero-order chi connectivity index (χ0) is 12.0. The minimum Gasteiger partial charge on any atom is -0.384 e. The summed E-state index contributed by atoms with van der Waals surface area (Å²) < 4.78 is 17.1. The lowest BCUT2D eigenvalue weighted by Crippen LogP contribution is -1.99. The van der Waals surface area contributed by atoms with Crippen LogP contribution in [-0.2, 0) is 4.74 Å². The van der Waals surface area contributed by atoms with Crippen LogP contribution in [0.3, 0.4) is 0 Å². The number of benzene rings is 1. The normalized spacial score (nSPS) is 13.7. The molecule has 2 heterocycles. The van der Waals surface area contributed by atoms with E-state index in [2.05, 4.69) is 9.72 Å². The Morgan fingerprint density at radius 3 is 2.47 bits per heavy atom. The standard InChI is InChI=1S/C11H4FNO3S/c12-6-3-1-5(2-4-6)9-13-7-8(17-9)11(15)16-10(7)14/h1-4H. The summed E-state index contributed by atoms with van der Waals surface area (Å²) in [6.07, 6.45) is 0. The second-order valence-electron chi connectivity index (χ2n) is 3.38. The molecular weight excluding hydrogens is 245 g/mol. The molecule has 0 radical (unpaired) electrons. The number of esters is 2. The molecule has 0 atom stereocenters. The lowest BCUT2D eigenvalue weighted by Gasteiger charge is -1.95. The highest BCUT2D eigenvalue weighted by molar-refractivity contribution is 7.17. The van der Waals surface area contributed by atoms with Crippen LogP contribution in [0.5, 0.6) is 0 Å². The van der Waals surface area contributed by atoms with Gasteiger partial charge in [0.25, 0.3) is 0 Å². The van der Waals surface area contributed by atoms with Crippen molar-refractivity contribution in [3.63, 3.8) is 0 Å². The van der Waals surface area contributed by atoms with Crippen molar-refractivity contribution in [1.29, 1.82) is 0 Å². The van der Waals surface area contributed by atoms with Crippen LogP contribution < -0.4 is 0 Å². The van der Waals surface area contributed by atoms with Crippen LogP contribution in [0.1, 0.15) is 20.2 Å².